The largest absolute Gasteiger partial charge is 0.481 e. The normalized spacial score (nSPS) is 10.6. The molecular weight excluding hydrogens is 214 g/mol. The summed E-state index contributed by atoms with van der Waals surface area (Å²) in [6, 6.07) is 1.41. The van der Waals surface area contributed by atoms with Gasteiger partial charge in [0.05, 0.1) is 11.3 Å². The summed E-state index contributed by atoms with van der Waals surface area (Å²) in [4.78, 5) is 11.4. The van der Waals surface area contributed by atoms with Crippen LogP contribution in [0.3, 0.4) is 0 Å². The van der Waals surface area contributed by atoms with Gasteiger partial charge in [0, 0.05) is 4.88 Å². The number of alkyl halides is 2. The summed E-state index contributed by atoms with van der Waals surface area (Å²) >= 11 is 1.15. The number of aliphatic carboxylic acids is 1. The summed E-state index contributed by atoms with van der Waals surface area (Å²) in [6.45, 7) is -1.22. The van der Waals surface area contributed by atoms with E-state index >= 15 is 0 Å². The molecule has 1 rings (SSSR count). The van der Waals surface area contributed by atoms with Crippen LogP contribution in [0.5, 0.6) is 5.75 Å². The number of halogens is 2. The number of carboxylic acids is 1. The summed E-state index contributed by atoms with van der Waals surface area (Å²) in [5, 5.41) is 8.50. The summed E-state index contributed by atoms with van der Waals surface area (Å²) in [5.41, 5.74) is 0. The average Bonchev–Trinajstić information content (AvgIpc) is 2.28. The number of ether oxygens (including phenoxy) is 1. The molecule has 1 aromatic rings. The molecular formula is C8H8F2O3S. The minimum atomic E-state index is -2.92. The summed E-state index contributed by atoms with van der Waals surface area (Å²) in [7, 11) is 0. The fraction of sp³-hybridized carbons (Fsp3) is 0.375. The van der Waals surface area contributed by atoms with E-state index in [9.17, 15) is 13.6 Å². The van der Waals surface area contributed by atoms with Crippen LogP contribution in [0.25, 0.3) is 0 Å². The molecule has 0 aliphatic heterocycles. The van der Waals surface area contributed by atoms with Gasteiger partial charge in [-0.3, -0.25) is 4.79 Å². The first kappa shape index (κ1) is 10.9. The first-order valence-electron chi connectivity index (χ1n) is 3.75. The number of carboxylic acid groups (broad SMARTS) is 1. The molecule has 1 heterocycles. The Balaban J connectivity index is 2.85. The predicted molar refractivity (Wildman–Crippen MR) is 47.0 cm³/mol. The van der Waals surface area contributed by atoms with E-state index in [1.165, 1.54) is 6.07 Å². The Bertz CT molecular complexity index is 335. The smallest absolute Gasteiger partial charge is 0.387 e. The second-order valence-electron chi connectivity index (χ2n) is 2.59. The highest BCUT2D eigenvalue weighted by Crippen LogP contribution is 2.30. The monoisotopic (exact) mass is 222 g/mol. The van der Waals surface area contributed by atoms with Crippen molar-refractivity contribution in [3.05, 3.63) is 15.8 Å². The first-order chi connectivity index (χ1) is 6.49. The van der Waals surface area contributed by atoms with Crippen molar-refractivity contribution in [1.29, 1.82) is 0 Å². The molecule has 78 valence electrons. The fourth-order valence-corrected chi connectivity index (χ4v) is 1.95. The number of aryl methyl sites for hydroxylation is 1. The minimum Gasteiger partial charge on any atom is -0.481 e. The zero-order chi connectivity index (χ0) is 10.7. The number of carbonyl (C=O) groups is 1. The zero-order valence-corrected chi connectivity index (χ0v) is 8.11. The van der Waals surface area contributed by atoms with Crippen LogP contribution in [0.1, 0.15) is 9.75 Å². The van der Waals surface area contributed by atoms with Crippen molar-refractivity contribution in [3.8, 4) is 5.75 Å². The van der Waals surface area contributed by atoms with Crippen molar-refractivity contribution in [2.75, 3.05) is 0 Å². The molecule has 1 N–H and O–H groups in total. The van der Waals surface area contributed by atoms with E-state index in [-0.39, 0.29) is 12.2 Å². The molecule has 0 unspecified atom stereocenters. The number of thiophene rings is 1. The van der Waals surface area contributed by atoms with E-state index in [1.807, 2.05) is 0 Å². The van der Waals surface area contributed by atoms with Crippen LogP contribution in [0.15, 0.2) is 6.07 Å². The summed E-state index contributed by atoms with van der Waals surface area (Å²) < 4.78 is 27.9. The third-order valence-corrected chi connectivity index (χ3v) is 2.45. The van der Waals surface area contributed by atoms with Crippen LogP contribution in [0, 0.1) is 6.92 Å². The van der Waals surface area contributed by atoms with Crippen LogP contribution in [-0.4, -0.2) is 17.7 Å². The van der Waals surface area contributed by atoms with Gasteiger partial charge < -0.3 is 9.84 Å². The minimum absolute atomic E-state index is 0.0371. The van der Waals surface area contributed by atoms with Crippen molar-refractivity contribution in [2.24, 2.45) is 0 Å². The van der Waals surface area contributed by atoms with Gasteiger partial charge >= 0.3 is 12.6 Å². The van der Waals surface area contributed by atoms with Gasteiger partial charge in [0.1, 0.15) is 5.75 Å². The molecule has 0 saturated carbocycles. The lowest BCUT2D eigenvalue weighted by Crippen LogP contribution is -2.05. The second kappa shape index (κ2) is 4.36. The van der Waals surface area contributed by atoms with E-state index in [1.54, 1.807) is 6.92 Å². The molecule has 14 heavy (non-hydrogen) atoms. The van der Waals surface area contributed by atoms with Crippen molar-refractivity contribution < 1.29 is 23.4 Å². The molecule has 3 nitrogen and oxygen atoms in total. The third kappa shape index (κ3) is 2.95. The molecule has 0 bridgehead atoms. The Morgan fingerprint density at radius 3 is 2.86 bits per heavy atom. The zero-order valence-electron chi connectivity index (χ0n) is 7.29. The Labute approximate surface area is 82.9 Å². The lowest BCUT2D eigenvalue weighted by atomic mass is 10.3. The van der Waals surface area contributed by atoms with Gasteiger partial charge in [-0.05, 0) is 13.0 Å². The molecule has 0 saturated heterocycles. The van der Waals surface area contributed by atoms with Crippen molar-refractivity contribution >= 4 is 17.3 Å². The lowest BCUT2D eigenvalue weighted by Gasteiger charge is -2.03. The standard InChI is InChI=1S/C8H8F2O3S/c1-4-2-5(13-8(9)10)6(14-4)3-7(11)12/h2,8H,3H2,1H3,(H,11,12). The highest BCUT2D eigenvalue weighted by atomic mass is 32.1. The molecule has 0 fully saturated rings. The summed E-state index contributed by atoms with van der Waals surface area (Å²) in [6.07, 6.45) is -0.291. The third-order valence-electron chi connectivity index (χ3n) is 1.42. The predicted octanol–water partition coefficient (Wildman–Crippen LogP) is 2.29. The van der Waals surface area contributed by atoms with Crippen molar-refractivity contribution in [1.82, 2.24) is 0 Å². The Hall–Kier alpha value is -1.17. The SMILES string of the molecule is Cc1cc(OC(F)F)c(CC(=O)O)s1. The maximum absolute atomic E-state index is 11.9. The van der Waals surface area contributed by atoms with Crippen LogP contribution < -0.4 is 4.74 Å². The van der Waals surface area contributed by atoms with Crippen LogP contribution in [0.2, 0.25) is 0 Å². The van der Waals surface area contributed by atoms with Gasteiger partial charge in [0.2, 0.25) is 0 Å². The van der Waals surface area contributed by atoms with Crippen molar-refractivity contribution in [3.63, 3.8) is 0 Å². The molecule has 6 heteroatoms. The van der Waals surface area contributed by atoms with Gasteiger partial charge in [-0.15, -0.1) is 11.3 Å². The van der Waals surface area contributed by atoms with Crippen molar-refractivity contribution in [2.45, 2.75) is 20.0 Å². The van der Waals surface area contributed by atoms with Gasteiger partial charge in [-0.25, -0.2) is 0 Å². The van der Waals surface area contributed by atoms with Crippen LogP contribution >= 0.6 is 11.3 Å². The lowest BCUT2D eigenvalue weighted by molar-refractivity contribution is -0.136. The molecule has 0 amide bonds. The fourth-order valence-electron chi connectivity index (χ4n) is 0.995. The van der Waals surface area contributed by atoms with E-state index in [2.05, 4.69) is 4.74 Å². The molecule has 0 aliphatic rings. The van der Waals surface area contributed by atoms with Gasteiger partial charge in [0.25, 0.3) is 0 Å². The topological polar surface area (TPSA) is 46.5 Å². The average molecular weight is 222 g/mol. The molecule has 0 atom stereocenters. The van der Waals surface area contributed by atoms with E-state index in [0.717, 1.165) is 16.2 Å². The Morgan fingerprint density at radius 2 is 2.36 bits per heavy atom. The molecule has 0 spiro atoms. The molecule has 0 aromatic carbocycles. The second-order valence-corrected chi connectivity index (χ2v) is 3.93. The Morgan fingerprint density at radius 1 is 1.71 bits per heavy atom. The molecule has 1 aromatic heterocycles. The Kier molecular flexibility index (Phi) is 3.40. The van der Waals surface area contributed by atoms with Crippen LogP contribution in [-0.2, 0) is 11.2 Å². The quantitative estimate of drug-likeness (QED) is 0.850. The highest BCUT2D eigenvalue weighted by Gasteiger charge is 2.15. The van der Waals surface area contributed by atoms with E-state index < -0.39 is 12.6 Å². The molecule has 0 radical (unpaired) electrons. The van der Waals surface area contributed by atoms with Gasteiger partial charge in [-0.1, -0.05) is 0 Å². The molecule has 0 aliphatic carbocycles. The number of rotatable bonds is 4. The van der Waals surface area contributed by atoms with E-state index in [4.69, 9.17) is 5.11 Å². The highest BCUT2D eigenvalue weighted by molar-refractivity contribution is 7.12. The van der Waals surface area contributed by atoms with Gasteiger partial charge in [-0.2, -0.15) is 8.78 Å². The summed E-state index contributed by atoms with van der Waals surface area (Å²) in [5.74, 6) is -1.10. The maximum Gasteiger partial charge on any atom is 0.387 e. The van der Waals surface area contributed by atoms with Gasteiger partial charge in [0.15, 0.2) is 0 Å². The van der Waals surface area contributed by atoms with Crippen LogP contribution in [0.4, 0.5) is 8.78 Å². The number of hydrogen-bond donors (Lipinski definition) is 1. The maximum atomic E-state index is 11.9. The number of hydrogen-bond acceptors (Lipinski definition) is 3. The first-order valence-corrected chi connectivity index (χ1v) is 4.56. The van der Waals surface area contributed by atoms with E-state index in [0.29, 0.717) is 4.88 Å².